The van der Waals surface area contributed by atoms with E-state index in [4.69, 9.17) is 4.74 Å². The molecule has 36 heavy (non-hydrogen) atoms. The average Bonchev–Trinajstić information content (AvgIpc) is 2.91. The van der Waals surface area contributed by atoms with Crippen LogP contribution in [0.4, 0.5) is 0 Å². The number of benzene rings is 4. The van der Waals surface area contributed by atoms with E-state index in [0.717, 1.165) is 18.7 Å². The first-order valence-electron chi connectivity index (χ1n) is 13.2. The number of hydrogen-bond acceptors (Lipinski definition) is 2. The van der Waals surface area contributed by atoms with Gasteiger partial charge in [0.2, 0.25) is 0 Å². The van der Waals surface area contributed by atoms with E-state index >= 15 is 0 Å². The van der Waals surface area contributed by atoms with Gasteiger partial charge in [0.15, 0.2) is 0 Å². The van der Waals surface area contributed by atoms with Crippen molar-refractivity contribution in [2.24, 2.45) is 0 Å². The van der Waals surface area contributed by atoms with Gasteiger partial charge in [-0.1, -0.05) is 105 Å². The van der Waals surface area contributed by atoms with Crippen LogP contribution in [0.1, 0.15) is 47.1 Å². The van der Waals surface area contributed by atoms with Crippen LogP contribution in [0, 0.1) is 6.92 Å². The second-order valence-corrected chi connectivity index (χ2v) is 11.2. The van der Waals surface area contributed by atoms with Crippen molar-refractivity contribution < 1.29 is 4.74 Å². The summed E-state index contributed by atoms with van der Waals surface area (Å²) in [5, 5.41) is 2.73. The molecule has 1 heterocycles. The summed E-state index contributed by atoms with van der Waals surface area (Å²) in [6.07, 6.45) is 4.95. The number of nitrogens with zero attached hydrogens (tertiary/aromatic N) is 1. The number of hydrogen-bond donors (Lipinski definition) is 0. The second kappa shape index (κ2) is 12.3. The minimum atomic E-state index is 0.565. The number of aryl methyl sites for hydroxylation is 1. The van der Waals surface area contributed by atoms with Gasteiger partial charge in [0.25, 0.3) is 0 Å². The number of ether oxygens (including phenoxy) is 1. The smallest absolute Gasteiger partial charge is 0.127 e. The molecular weight excluding hydrogens is 457 g/mol. The van der Waals surface area contributed by atoms with Crippen LogP contribution in [0.5, 0.6) is 5.75 Å². The molecule has 0 bridgehead atoms. The van der Waals surface area contributed by atoms with Crippen LogP contribution in [0.25, 0.3) is 0 Å². The summed E-state index contributed by atoms with van der Waals surface area (Å²) in [5.74, 6) is 0.999. The molecule has 0 aliphatic carbocycles. The Morgan fingerprint density at radius 2 is 1.42 bits per heavy atom. The van der Waals surface area contributed by atoms with Gasteiger partial charge in [0.1, 0.15) is 12.4 Å². The molecule has 5 rings (SSSR count). The Kier molecular flexibility index (Phi) is 8.49. The Labute approximate surface area is 218 Å². The van der Waals surface area contributed by atoms with Crippen molar-refractivity contribution >= 4 is 19.2 Å². The fraction of sp³-hybridized carbons (Fsp3) is 0.273. The average molecular weight is 494 g/mol. The Hall–Kier alpha value is -2.93. The summed E-state index contributed by atoms with van der Waals surface area (Å²) < 4.78 is 6.41. The van der Waals surface area contributed by atoms with E-state index in [1.165, 1.54) is 70.8 Å². The van der Waals surface area contributed by atoms with E-state index in [2.05, 4.69) is 109 Å². The molecule has 184 valence electrons. The Morgan fingerprint density at radius 3 is 2.17 bits per heavy atom. The normalized spacial score (nSPS) is 14.4. The summed E-state index contributed by atoms with van der Waals surface area (Å²) in [4.78, 5) is 2.63. The van der Waals surface area contributed by atoms with Crippen LogP contribution in [-0.2, 0) is 19.6 Å². The number of rotatable bonds is 9. The van der Waals surface area contributed by atoms with Gasteiger partial charge in [-0.15, -0.1) is 0 Å². The van der Waals surface area contributed by atoms with Gasteiger partial charge in [-0.3, -0.25) is 4.90 Å². The highest BCUT2D eigenvalue weighted by Gasteiger charge is 2.15. The Morgan fingerprint density at radius 1 is 0.694 bits per heavy atom. The maximum absolute atomic E-state index is 6.41. The van der Waals surface area contributed by atoms with Crippen LogP contribution >= 0.6 is 8.58 Å². The Balaban J connectivity index is 1.42. The quantitative estimate of drug-likeness (QED) is 0.238. The lowest BCUT2D eigenvalue weighted by atomic mass is 10.1. The number of likely N-dealkylation sites (tertiary alicyclic amines) is 1. The zero-order chi connectivity index (χ0) is 24.6. The van der Waals surface area contributed by atoms with E-state index < -0.39 is 0 Å². The topological polar surface area (TPSA) is 12.5 Å². The third-order valence-electron chi connectivity index (χ3n) is 6.90. The van der Waals surface area contributed by atoms with Gasteiger partial charge in [0.05, 0.1) is 0 Å². The first-order chi connectivity index (χ1) is 17.7. The SMILES string of the molecule is Cc1ccc(Pc2cc(Cc3ccccc3)ccc2OCc2ccccc2)c(CN2CCCCC2)c1. The van der Waals surface area contributed by atoms with E-state index in [0.29, 0.717) is 15.2 Å². The van der Waals surface area contributed by atoms with Crippen LogP contribution < -0.4 is 15.3 Å². The van der Waals surface area contributed by atoms with Crippen molar-refractivity contribution in [1.82, 2.24) is 4.90 Å². The van der Waals surface area contributed by atoms with Crippen molar-refractivity contribution in [2.45, 2.75) is 45.8 Å². The summed E-state index contributed by atoms with van der Waals surface area (Å²) >= 11 is 0. The van der Waals surface area contributed by atoms with Crippen molar-refractivity contribution in [3.05, 3.63) is 125 Å². The van der Waals surface area contributed by atoms with E-state index in [-0.39, 0.29) is 0 Å². The molecular formula is C33H36NOP. The highest BCUT2D eigenvalue weighted by molar-refractivity contribution is 7.55. The predicted molar refractivity (Wildman–Crippen MR) is 154 cm³/mol. The van der Waals surface area contributed by atoms with Crippen molar-refractivity contribution in [2.75, 3.05) is 13.1 Å². The highest BCUT2D eigenvalue weighted by atomic mass is 31.1. The van der Waals surface area contributed by atoms with Gasteiger partial charge in [-0.2, -0.15) is 0 Å². The molecule has 0 aromatic heterocycles. The monoisotopic (exact) mass is 493 g/mol. The van der Waals surface area contributed by atoms with Crippen LogP contribution in [0.3, 0.4) is 0 Å². The Bertz CT molecular complexity index is 1250. The maximum Gasteiger partial charge on any atom is 0.127 e. The van der Waals surface area contributed by atoms with Crippen LogP contribution in [0.15, 0.2) is 97.1 Å². The predicted octanol–water partition coefficient (Wildman–Crippen LogP) is 6.78. The van der Waals surface area contributed by atoms with Gasteiger partial charge >= 0.3 is 0 Å². The molecule has 4 aromatic carbocycles. The first kappa shape index (κ1) is 24.8. The zero-order valence-corrected chi connectivity index (χ0v) is 22.2. The van der Waals surface area contributed by atoms with Crippen LogP contribution in [-0.4, -0.2) is 18.0 Å². The maximum atomic E-state index is 6.41. The van der Waals surface area contributed by atoms with Crippen molar-refractivity contribution in [3.63, 3.8) is 0 Å². The lowest BCUT2D eigenvalue weighted by Crippen LogP contribution is -2.30. The molecule has 1 saturated heterocycles. The minimum Gasteiger partial charge on any atom is -0.488 e. The molecule has 0 radical (unpaired) electrons. The fourth-order valence-corrected chi connectivity index (χ4v) is 6.26. The second-order valence-electron chi connectivity index (χ2n) is 9.89. The molecule has 1 fully saturated rings. The van der Waals surface area contributed by atoms with Crippen molar-refractivity contribution in [1.29, 1.82) is 0 Å². The minimum absolute atomic E-state index is 0.565. The molecule has 4 aromatic rings. The van der Waals surface area contributed by atoms with E-state index in [9.17, 15) is 0 Å². The van der Waals surface area contributed by atoms with E-state index in [1.54, 1.807) is 0 Å². The molecule has 0 N–H and O–H groups in total. The fourth-order valence-electron chi connectivity index (χ4n) is 4.96. The van der Waals surface area contributed by atoms with Crippen LogP contribution in [0.2, 0.25) is 0 Å². The van der Waals surface area contributed by atoms with Crippen molar-refractivity contribution in [3.8, 4) is 5.75 Å². The number of piperidine rings is 1. The molecule has 1 atom stereocenters. The lowest BCUT2D eigenvalue weighted by molar-refractivity contribution is 0.221. The summed E-state index contributed by atoms with van der Waals surface area (Å²) in [6.45, 7) is 6.28. The van der Waals surface area contributed by atoms with Gasteiger partial charge in [-0.25, -0.2) is 0 Å². The highest BCUT2D eigenvalue weighted by Crippen LogP contribution is 2.26. The molecule has 1 aliphatic rings. The standard InChI is InChI=1S/C33H36NOP/c1-26-15-18-32(30(21-26)24-34-19-9-4-10-20-34)36-33-23-29(22-27-11-5-2-6-12-27)16-17-31(33)35-25-28-13-7-3-8-14-28/h2-3,5-8,11-18,21,23,36H,4,9-10,19-20,22,24-25H2,1H3. The summed E-state index contributed by atoms with van der Waals surface area (Å²) in [6, 6.07) is 35.0. The molecule has 1 unspecified atom stereocenters. The van der Waals surface area contributed by atoms with Gasteiger partial charge < -0.3 is 4.74 Å². The molecule has 0 amide bonds. The molecule has 1 aliphatic heterocycles. The molecule has 3 heteroatoms. The molecule has 0 spiro atoms. The first-order valence-corrected chi connectivity index (χ1v) is 14.2. The van der Waals surface area contributed by atoms with Gasteiger partial charge in [0, 0.05) is 11.8 Å². The zero-order valence-electron chi connectivity index (χ0n) is 21.2. The lowest BCUT2D eigenvalue weighted by Gasteiger charge is -2.27. The molecule has 2 nitrogen and oxygen atoms in total. The summed E-state index contributed by atoms with van der Waals surface area (Å²) in [5.41, 5.74) is 6.68. The summed E-state index contributed by atoms with van der Waals surface area (Å²) in [7, 11) is 0.565. The third kappa shape index (κ3) is 6.84. The largest absolute Gasteiger partial charge is 0.488 e. The third-order valence-corrected chi connectivity index (χ3v) is 8.32. The van der Waals surface area contributed by atoms with Gasteiger partial charge in [-0.05, 0) is 79.0 Å². The molecule has 0 saturated carbocycles. The van der Waals surface area contributed by atoms with E-state index in [1.807, 2.05) is 0 Å².